The van der Waals surface area contributed by atoms with E-state index < -0.39 is 6.04 Å². The van der Waals surface area contributed by atoms with Crippen molar-refractivity contribution in [1.82, 2.24) is 24.6 Å². The van der Waals surface area contributed by atoms with Crippen LogP contribution in [0.4, 0.5) is 0 Å². The molecule has 1 N–H and O–H groups in total. The zero-order chi connectivity index (χ0) is 18.0. The fourth-order valence-electron chi connectivity index (χ4n) is 2.75. The summed E-state index contributed by atoms with van der Waals surface area (Å²) in [5.41, 5.74) is 0.425. The number of hydrogen-bond acceptors (Lipinski definition) is 4. The van der Waals surface area contributed by atoms with Crippen molar-refractivity contribution in [2.45, 2.75) is 39.4 Å². The number of aromatic amines is 1. The molecule has 0 spiro atoms. The van der Waals surface area contributed by atoms with Crippen molar-refractivity contribution in [3.63, 3.8) is 0 Å². The number of H-pyrrole nitrogens is 1. The molecule has 7 nitrogen and oxygen atoms in total. The van der Waals surface area contributed by atoms with E-state index in [9.17, 15) is 9.59 Å². The van der Waals surface area contributed by atoms with Crippen molar-refractivity contribution in [2.24, 2.45) is 0 Å². The standard InChI is InChI=1S/C18H21N5O2/c1-12(2)22(18(25)13(3)23-10-6-9-19-23)11-16-20-15-8-5-4-7-14(15)17(24)21-16/h4-10,12-13H,11H2,1-3H3,(H,20,21,24). The first kappa shape index (κ1) is 16.9. The second-order valence-electron chi connectivity index (χ2n) is 6.25. The van der Waals surface area contributed by atoms with Crippen LogP contribution in [-0.4, -0.2) is 36.6 Å². The van der Waals surface area contributed by atoms with E-state index >= 15 is 0 Å². The minimum Gasteiger partial charge on any atom is -0.331 e. The number of fused-ring (bicyclic) bond motifs is 1. The zero-order valence-corrected chi connectivity index (χ0v) is 14.5. The maximum atomic E-state index is 12.9. The van der Waals surface area contributed by atoms with Gasteiger partial charge in [0.15, 0.2) is 0 Å². The molecular formula is C18H21N5O2. The minimum atomic E-state index is -0.426. The Morgan fingerprint density at radius 2 is 2.00 bits per heavy atom. The van der Waals surface area contributed by atoms with Crippen LogP contribution in [0.3, 0.4) is 0 Å². The van der Waals surface area contributed by atoms with Crippen LogP contribution in [0.5, 0.6) is 0 Å². The second kappa shape index (κ2) is 6.88. The van der Waals surface area contributed by atoms with Crippen molar-refractivity contribution >= 4 is 16.8 Å². The highest BCUT2D eigenvalue weighted by Gasteiger charge is 2.25. The molecule has 0 bridgehead atoms. The molecule has 0 aliphatic rings. The molecular weight excluding hydrogens is 318 g/mol. The van der Waals surface area contributed by atoms with Gasteiger partial charge in [0.05, 0.1) is 17.4 Å². The summed E-state index contributed by atoms with van der Waals surface area (Å²) in [6.07, 6.45) is 3.41. The summed E-state index contributed by atoms with van der Waals surface area (Å²) in [5, 5.41) is 4.68. The molecule has 2 heterocycles. The van der Waals surface area contributed by atoms with Gasteiger partial charge in [0.25, 0.3) is 5.56 Å². The molecule has 0 aliphatic heterocycles. The highest BCUT2D eigenvalue weighted by Crippen LogP contribution is 2.15. The van der Waals surface area contributed by atoms with Crippen molar-refractivity contribution in [3.8, 4) is 0 Å². The van der Waals surface area contributed by atoms with Gasteiger partial charge in [-0.3, -0.25) is 14.3 Å². The molecule has 0 saturated carbocycles. The first-order chi connectivity index (χ1) is 12.0. The molecule has 1 unspecified atom stereocenters. The quantitative estimate of drug-likeness (QED) is 0.772. The molecule has 25 heavy (non-hydrogen) atoms. The summed E-state index contributed by atoms with van der Waals surface area (Å²) in [4.78, 5) is 34.1. The van der Waals surface area contributed by atoms with Gasteiger partial charge in [0.2, 0.25) is 5.91 Å². The largest absolute Gasteiger partial charge is 0.331 e. The van der Waals surface area contributed by atoms with E-state index in [4.69, 9.17) is 0 Å². The molecule has 1 amide bonds. The van der Waals surface area contributed by atoms with Crippen molar-refractivity contribution in [3.05, 3.63) is 58.9 Å². The number of hydrogen-bond donors (Lipinski definition) is 1. The van der Waals surface area contributed by atoms with Gasteiger partial charge in [0.1, 0.15) is 11.9 Å². The number of aromatic nitrogens is 4. The summed E-state index contributed by atoms with van der Waals surface area (Å²) in [5.74, 6) is 0.396. The Hall–Kier alpha value is -2.96. The molecule has 3 aromatic rings. The third kappa shape index (κ3) is 3.45. The van der Waals surface area contributed by atoms with Crippen LogP contribution in [0.1, 0.15) is 32.6 Å². The van der Waals surface area contributed by atoms with E-state index in [0.29, 0.717) is 16.7 Å². The Kier molecular flexibility index (Phi) is 4.65. The molecule has 0 fully saturated rings. The average molecular weight is 339 g/mol. The van der Waals surface area contributed by atoms with Crippen LogP contribution in [0, 0.1) is 0 Å². The lowest BCUT2D eigenvalue weighted by Gasteiger charge is -2.29. The number of amides is 1. The molecule has 1 aromatic carbocycles. The smallest absolute Gasteiger partial charge is 0.258 e. The number of para-hydroxylation sites is 1. The van der Waals surface area contributed by atoms with Gasteiger partial charge >= 0.3 is 0 Å². The number of carbonyl (C=O) groups excluding carboxylic acids is 1. The van der Waals surface area contributed by atoms with Crippen molar-refractivity contribution in [1.29, 1.82) is 0 Å². The maximum Gasteiger partial charge on any atom is 0.258 e. The maximum absolute atomic E-state index is 12.9. The Morgan fingerprint density at radius 3 is 2.68 bits per heavy atom. The lowest BCUT2D eigenvalue weighted by atomic mass is 10.2. The van der Waals surface area contributed by atoms with E-state index in [1.807, 2.05) is 19.9 Å². The predicted octanol–water partition coefficient (Wildman–Crippen LogP) is 2.12. The lowest BCUT2D eigenvalue weighted by Crippen LogP contribution is -2.41. The Labute approximate surface area is 145 Å². The molecule has 3 rings (SSSR count). The average Bonchev–Trinajstić information content (AvgIpc) is 3.13. The number of nitrogens with one attached hydrogen (secondary N) is 1. The van der Waals surface area contributed by atoms with Gasteiger partial charge in [-0.25, -0.2) is 4.98 Å². The third-order valence-corrected chi connectivity index (χ3v) is 4.17. The van der Waals surface area contributed by atoms with Gasteiger partial charge < -0.3 is 9.88 Å². The summed E-state index contributed by atoms with van der Waals surface area (Å²) in [7, 11) is 0. The normalized spacial score (nSPS) is 12.5. The Bertz CT molecular complexity index is 930. The highest BCUT2D eigenvalue weighted by atomic mass is 16.2. The van der Waals surface area contributed by atoms with E-state index in [1.54, 1.807) is 53.2 Å². The lowest BCUT2D eigenvalue weighted by molar-refractivity contribution is -0.137. The van der Waals surface area contributed by atoms with E-state index in [1.165, 1.54) is 0 Å². The monoisotopic (exact) mass is 339 g/mol. The number of benzene rings is 1. The van der Waals surface area contributed by atoms with E-state index in [-0.39, 0.29) is 24.1 Å². The molecule has 1 atom stereocenters. The van der Waals surface area contributed by atoms with Crippen LogP contribution in [-0.2, 0) is 11.3 Å². The number of rotatable bonds is 5. The van der Waals surface area contributed by atoms with Gasteiger partial charge in [-0.2, -0.15) is 5.10 Å². The third-order valence-electron chi connectivity index (χ3n) is 4.17. The van der Waals surface area contributed by atoms with Gasteiger partial charge in [-0.1, -0.05) is 12.1 Å². The molecule has 0 radical (unpaired) electrons. The molecule has 0 saturated heterocycles. The fraction of sp³-hybridized carbons (Fsp3) is 0.333. The summed E-state index contributed by atoms with van der Waals surface area (Å²) >= 11 is 0. The number of carbonyl (C=O) groups is 1. The van der Waals surface area contributed by atoms with Gasteiger partial charge in [-0.15, -0.1) is 0 Å². The first-order valence-electron chi connectivity index (χ1n) is 8.25. The topological polar surface area (TPSA) is 83.9 Å². The van der Waals surface area contributed by atoms with Crippen molar-refractivity contribution in [2.75, 3.05) is 0 Å². The zero-order valence-electron chi connectivity index (χ0n) is 14.5. The first-order valence-corrected chi connectivity index (χ1v) is 8.25. The van der Waals surface area contributed by atoms with E-state index in [2.05, 4.69) is 15.1 Å². The summed E-state index contributed by atoms with van der Waals surface area (Å²) in [6, 6.07) is 8.48. The van der Waals surface area contributed by atoms with Gasteiger partial charge in [-0.05, 0) is 39.0 Å². The van der Waals surface area contributed by atoms with E-state index in [0.717, 1.165) is 0 Å². The summed E-state index contributed by atoms with van der Waals surface area (Å²) < 4.78 is 1.62. The van der Waals surface area contributed by atoms with Crippen LogP contribution in [0.15, 0.2) is 47.5 Å². The molecule has 130 valence electrons. The van der Waals surface area contributed by atoms with Crippen LogP contribution in [0.25, 0.3) is 10.9 Å². The van der Waals surface area contributed by atoms with Crippen molar-refractivity contribution < 1.29 is 4.79 Å². The van der Waals surface area contributed by atoms with Gasteiger partial charge in [0, 0.05) is 18.4 Å². The Morgan fingerprint density at radius 1 is 1.24 bits per heavy atom. The Balaban J connectivity index is 1.90. The second-order valence-corrected chi connectivity index (χ2v) is 6.25. The number of nitrogens with zero attached hydrogens (tertiary/aromatic N) is 4. The highest BCUT2D eigenvalue weighted by molar-refractivity contribution is 5.80. The van der Waals surface area contributed by atoms with Crippen LogP contribution in [0.2, 0.25) is 0 Å². The predicted molar refractivity (Wildman–Crippen MR) is 95.0 cm³/mol. The van der Waals surface area contributed by atoms with Crippen LogP contribution >= 0.6 is 0 Å². The summed E-state index contributed by atoms with van der Waals surface area (Å²) in [6.45, 7) is 5.92. The molecule has 0 aliphatic carbocycles. The SMILES string of the molecule is CC(C)N(Cc1nc2ccccc2c(=O)[nH]1)C(=O)C(C)n1cccn1. The van der Waals surface area contributed by atoms with Crippen LogP contribution < -0.4 is 5.56 Å². The minimum absolute atomic E-state index is 0.0396. The molecule has 2 aromatic heterocycles. The molecule has 7 heteroatoms. The fourth-order valence-corrected chi connectivity index (χ4v) is 2.75.